The van der Waals surface area contributed by atoms with Crippen molar-refractivity contribution in [2.75, 3.05) is 13.1 Å². The van der Waals surface area contributed by atoms with E-state index in [1.807, 2.05) is 0 Å². The molecule has 6 heteroatoms. The first-order valence-electron chi connectivity index (χ1n) is 9.92. The monoisotopic (exact) mass is 376 g/mol. The van der Waals surface area contributed by atoms with Crippen LogP contribution >= 0.6 is 0 Å². The van der Waals surface area contributed by atoms with Crippen molar-refractivity contribution in [1.29, 1.82) is 0 Å². The predicted octanol–water partition coefficient (Wildman–Crippen LogP) is 3.42. The molecule has 0 spiro atoms. The Balaban J connectivity index is 1.22. The molecule has 4 aliphatic carbocycles. The molecule has 4 aliphatic rings. The average Bonchev–Trinajstić information content (AvgIpc) is 2.56. The summed E-state index contributed by atoms with van der Waals surface area (Å²) in [6, 6.07) is 2.85. The van der Waals surface area contributed by atoms with Gasteiger partial charge in [-0.05, 0) is 73.8 Å². The highest BCUT2D eigenvalue weighted by atomic mass is 19.1. The van der Waals surface area contributed by atoms with E-state index in [2.05, 4.69) is 10.6 Å². The van der Waals surface area contributed by atoms with Crippen LogP contribution in [0.5, 0.6) is 0 Å². The third kappa shape index (κ3) is 3.99. The zero-order valence-electron chi connectivity index (χ0n) is 15.4. The quantitative estimate of drug-likeness (QED) is 0.748. The number of rotatable bonds is 6. The SMILES string of the molecule is O=C(CC12CC3CC(CC(C3)C1)C2)NCCNC(=O)c1ccc(F)cc1F. The third-order valence-corrected chi connectivity index (χ3v) is 6.61. The lowest BCUT2D eigenvalue weighted by molar-refractivity contribution is -0.129. The number of hydrogen-bond acceptors (Lipinski definition) is 2. The second-order valence-electron chi connectivity index (χ2n) is 8.82. The second kappa shape index (κ2) is 7.21. The Kier molecular flexibility index (Phi) is 4.91. The van der Waals surface area contributed by atoms with Gasteiger partial charge in [0.1, 0.15) is 11.6 Å². The Hall–Kier alpha value is -1.98. The van der Waals surface area contributed by atoms with Crippen LogP contribution in [0.1, 0.15) is 55.3 Å². The third-order valence-electron chi connectivity index (χ3n) is 6.61. The van der Waals surface area contributed by atoms with Crippen LogP contribution in [0, 0.1) is 34.8 Å². The lowest BCUT2D eigenvalue weighted by Crippen LogP contribution is -2.48. The zero-order chi connectivity index (χ0) is 19.0. The van der Waals surface area contributed by atoms with Crippen LogP contribution in [-0.2, 0) is 4.79 Å². The van der Waals surface area contributed by atoms with Crippen molar-refractivity contribution in [3.8, 4) is 0 Å². The maximum absolute atomic E-state index is 13.6. The number of nitrogens with one attached hydrogen (secondary N) is 2. The molecule has 0 aliphatic heterocycles. The van der Waals surface area contributed by atoms with Crippen molar-refractivity contribution in [3.05, 3.63) is 35.4 Å². The fourth-order valence-corrected chi connectivity index (χ4v) is 6.06. The lowest BCUT2D eigenvalue weighted by Gasteiger charge is -2.56. The van der Waals surface area contributed by atoms with Gasteiger partial charge >= 0.3 is 0 Å². The summed E-state index contributed by atoms with van der Waals surface area (Å²) < 4.78 is 26.5. The lowest BCUT2D eigenvalue weighted by atomic mass is 9.49. The molecular formula is C21H26F2N2O2. The first-order valence-corrected chi connectivity index (χ1v) is 9.92. The van der Waals surface area contributed by atoms with Crippen molar-refractivity contribution >= 4 is 11.8 Å². The van der Waals surface area contributed by atoms with E-state index in [9.17, 15) is 18.4 Å². The van der Waals surface area contributed by atoms with E-state index in [0.717, 1.165) is 29.9 Å². The summed E-state index contributed by atoms with van der Waals surface area (Å²) in [6.07, 6.45) is 8.20. The molecule has 1 aromatic rings. The van der Waals surface area contributed by atoms with Gasteiger partial charge in [0.15, 0.2) is 0 Å². The highest BCUT2D eigenvalue weighted by Gasteiger charge is 2.51. The van der Waals surface area contributed by atoms with E-state index in [-0.39, 0.29) is 23.4 Å². The minimum Gasteiger partial charge on any atom is -0.354 e. The summed E-state index contributed by atoms with van der Waals surface area (Å²) in [6.45, 7) is 0.516. The molecule has 0 unspecified atom stereocenters. The molecule has 4 saturated carbocycles. The van der Waals surface area contributed by atoms with Gasteiger partial charge in [-0.15, -0.1) is 0 Å². The fourth-order valence-electron chi connectivity index (χ4n) is 6.06. The molecule has 0 atom stereocenters. The molecule has 2 N–H and O–H groups in total. The Labute approximate surface area is 158 Å². The van der Waals surface area contributed by atoms with Crippen LogP contribution in [0.3, 0.4) is 0 Å². The normalized spacial score (nSPS) is 31.0. The van der Waals surface area contributed by atoms with Crippen molar-refractivity contribution in [3.63, 3.8) is 0 Å². The summed E-state index contributed by atoms with van der Waals surface area (Å²) >= 11 is 0. The van der Waals surface area contributed by atoms with Crippen LogP contribution < -0.4 is 10.6 Å². The topological polar surface area (TPSA) is 58.2 Å². The Morgan fingerprint density at radius 1 is 0.963 bits per heavy atom. The number of benzene rings is 1. The minimum absolute atomic E-state index is 0.0409. The van der Waals surface area contributed by atoms with Crippen molar-refractivity contribution in [2.45, 2.75) is 44.9 Å². The second-order valence-corrected chi connectivity index (χ2v) is 8.82. The van der Waals surface area contributed by atoms with Gasteiger partial charge in [-0.25, -0.2) is 8.78 Å². The highest BCUT2D eigenvalue weighted by Crippen LogP contribution is 2.61. The number of amides is 2. The van der Waals surface area contributed by atoms with Gasteiger partial charge in [0.05, 0.1) is 5.56 Å². The van der Waals surface area contributed by atoms with Crippen LogP contribution in [0.25, 0.3) is 0 Å². The molecule has 1 aromatic carbocycles. The zero-order valence-corrected chi connectivity index (χ0v) is 15.4. The first kappa shape index (κ1) is 18.4. The van der Waals surface area contributed by atoms with Crippen LogP contribution in [-0.4, -0.2) is 24.9 Å². The van der Waals surface area contributed by atoms with E-state index in [1.54, 1.807) is 0 Å². The highest BCUT2D eigenvalue weighted by molar-refractivity contribution is 5.94. The molecule has 4 bridgehead atoms. The van der Waals surface area contributed by atoms with Crippen molar-refractivity contribution in [2.24, 2.45) is 23.2 Å². The van der Waals surface area contributed by atoms with E-state index < -0.39 is 17.5 Å². The smallest absolute Gasteiger partial charge is 0.254 e. The molecule has 0 heterocycles. The molecule has 0 saturated heterocycles. The fraction of sp³-hybridized carbons (Fsp3) is 0.619. The summed E-state index contributed by atoms with van der Waals surface area (Å²) in [5.74, 6) is 0.262. The van der Waals surface area contributed by atoms with Gasteiger partial charge in [0.2, 0.25) is 5.91 Å². The number of hydrogen-bond donors (Lipinski definition) is 2. The summed E-state index contributed by atoms with van der Waals surface area (Å²) in [4.78, 5) is 24.3. The standard InChI is InChI=1S/C21H26F2N2O2/c22-16-1-2-17(18(23)8-16)20(27)25-4-3-24-19(26)12-21-9-13-5-14(10-21)7-15(6-13)11-21/h1-2,8,13-15H,3-7,9-12H2,(H,24,26)(H,25,27). The predicted molar refractivity (Wildman–Crippen MR) is 96.9 cm³/mol. The van der Waals surface area contributed by atoms with E-state index in [4.69, 9.17) is 0 Å². The van der Waals surface area contributed by atoms with E-state index in [0.29, 0.717) is 19.0 Å². The Morgan fingerprint density at radius 3 is 2.15 bits per heavy atom. The Bertz CT molecular complexity index is 714. The summed E-state index contributed by atoms with van der Waals surface area (Å²) in [5.41, 5.74) is -0.00410. The average molecular weight is 376 g/mol. The molecule has 0 aromatic heterocycles. The van der Waals surface area contributed by atoms with Gasteiger partial charge in [0.25, 0.3) is 5.91 Å². The van der Waals surface area contributed by atoms with Crippen molar-refractivity contribution in [1.82, 2.24) is 10.6 Å². The maximum Gasteiger partial charge on any atom is 0.254 e. The number of carbonyl (C=O) groups is 2. The molecule has 4 fully saturated rings. The van der Waals surface area contributed by atoms with Crippen LogP contribution in [0.15, 0.2) is 18.2 Å². The van der Waals surface area contributed by atoms with Gasteiger partial charge in [-0.1, -0.05) is 0 Å². The molecule has 27 heavy (non-hydrogen) atoms. The van der Waals surface area contributed by atoms with Crippen molar-refractivity contribution < 1.29 is 18.4 Å². The molecule has 146 valence electrons. The van der Waals surface area contributed by atoms with E-state index in [1.165, 1.54) is 38.5 Å². The molecule has 5 rings (SSSR count). The largest absolute Gasteiger partial charge is 0.354 e. The van der Waals surface area contributed by atoms with Gasteiger partial charge in [-0.2, -0.15) is 0 Å². The molecular weight excluding hydrogens is 350 g/mol. The number of carbonyl (C=O) groups excluding carboxylic acids is 2. The summed E-state index contributed by atoms with van der Waals surface area (Å²) in [7, 11) is 0. The van der Waals surface area contributed by atoms with Crippen LogP contribution in [0.4, 0.5) is 8.78 Å². The van der Waals surface area contributed by atoms with Crippen LogP contribution in [0.2, 0.25) is 0 Å². The maximum atomic E-state index is 13.6. The minimum atomic E-state index is -0.890. The molecule has 4 nitrogen and oxygen atoms in total. The molecule has 0 radical (unpaired) electrons. The van der Waals surface area contributed by atoms with Gasteiger partial charge in [0, 0.05) is 25.6 Å². The van der Waals surface area contributed by atoms with E-state index >= 15 is 0 Å². The first-order chi connectivity index (χ1) is 12.9. The number of halogens is 2. The molecule has 2 amide bonds. The van der Waals surface area contributed by atoms with Gasteiger partial charge in [-0.3, -0.25) is 9.59 Å². The summed E-state index contributed by atoms with van der Waals surface area (Å²) in [5, 5.41) is 5.44. The van der Waals surface area contributed by atoms with Gasteiger partial charge < -0.3 is 10.6 Å². The Morgan fingerprint density at radius 2 is 1.56 bits per heavy atom.